The van der Waals surface area contributed by atoms with Gasteiger partial charge in [0.1, 0.15) is 23.9 Å². The highest BCUT2D eigenvalue weighted by molar-refractivity contribution is 5.87. The van der Waals surface area contributed by atoms with Gasteiger partial charge in [0.25, 0.3) is 11.8 Å². The molecular weight excluding hydrogens is 461 g/mol. The SMILES string of the molecule is O=C(COc1ccc2ccccc2c1)NCC(=O)NN=Cc1ccc(OCc2ccc(F)cc2)cc1. The van der Waals surface area contributed by atoms with Crippen molar-refractivity contribution in [2.45, 2.75) is 6.61 Å². The number of amides is 2. The van der Waals surface area contributed by atoms with Gasteiger partial charge in [-0.15, -0.1) is 0 Å². The molecule has 0 aliphatic rings. The van der Waals surface area contributed by atoms with Crippen molar-refractivity contribution >= 4 is 28.8 Å². The first-order chi connectivity index (χ1) is 17.5. The fourth-order valence-corrected chi connectivity index (χ4v) is 3.25. The van der Waals surface area contributed by atoms with Crippen molar-refractivity contribution in [2.24, 2.45) is 5.10 Å². The van der Waals surface area contributed by atoms with E-state index in [0.717, 1.165) is 21.9 Å². The fourth-order valence-electron chi connectivity index (χ4n) is 3.25. The summed E-state index contributed by atoms with van der Waals surface area (Å²) in [5.74, 6) is 0.0461. The third-order valence-corrected chi connectivity index (χ3v) is 5.14. The lowest BCUT2D eigenvalue weighted by Gasteiger charge is -2.08. The summed E-state index contributed by atoms with van der Waals surface area (Å²) < 4.78 is 24.1. The Hall–Kier alpha value is -4.72. The second kappa shape index (κ2) is 12.1. The van der Waals surface area contributed by atoms with Crippen LogP contribution in [0.2, 0.25) is 0 Å². The molecular formula is C28H24FN3O4. The third kappa shape index (κ3) is 7.39. The van der Waals surface area contributed by atoms with E-state index in [1.54, 1.807) is 42.5 Å². The predicted molar refractivity (Wildman–Crippen MR) is 135 cm³/mol. The predicted octanol–water partition coefficient (Wildman–Crippen LogP) is 4.20. The smallest absolute Gasteiger partial charge is 0.259 e. The molecule has 0 fully saturated rings. The van der Waals surface area contributed by atoms with Crippen LogP contribution >= 0.6 is 0 Å². The van der Waals surface area contributed by atoms with E-state index in [1.807, 2.05) is 36.4 Å². The van der Waals surface area contributed by atoms with Crippen LogP contribution in [0.1, 0.15) is 11.1 Å². The number of rotatable bonds is 10. The molecule has 0 bridgehead atoms. The van der Waals surface area contributed by atoms with Crippen molar-refractivity contribution < 1.29 is 23.5 Å². The van der Waals surface area contributed by atoms with Gasteiger partial charge in [-0.05, 0) is 70.4 Å². The Kier molecular flexibility index (Phi) is 8.22. The molecule has 0 aliphatic carbocycles. The van der Waals surface area contributed by atoms with Gasteiger partial charge in [-0.25, -0.2) is 9.82 Å². The molecule has 8 heteroatoms. The highest BCUT2D eigenvalue weighted by Crippen LogP contribution is 2.20. The van der Waals surface area contributed by atoms with Gasteiger partial charge < -0.3 is 14.8 Å². The number of hydrazone groups is 1. The van der Waals surface area contributed by atoms with E-state index in [2.05, 4.69) is 15.8 Å². The second-order valence-corrected chi connectivity index (χ2v) is 7.85. The van der Waals surface area contributed by atoms with Crippen molar-refractivity contribution in [1.29, 1.82) is 0 Å². The van der Waals surface area contributed by atoms with Crippen LogP contribution < -0.4 is 20.2 Å². The number of hydrogen-bond donors (Lipinski definition) is 2. The summed E-state index contributed by atoms with van der Waals surface area (Å²) in [4.78, 5) is 23.9. The molecule has 0 atom stereocenters. The van der Waals surface area contributed by atoms with Gasteiger partial charge in [0.15, 0.2) is 6.61 Å². The molecule has 36 heavy (non-hydrogen) atoms. The van der Waals surface area contributed by atoms with Gasteiger partial charge in [-0.1, -0.05) is 42.5 Å². The van der Waals surface area contributed by atoms with Gasteiger partial charge in [0, 0.05) is 0 Å². The molecule has 7 nitrogen and oxygen atoms in total. The molecule has 0 heterocycles. The minimum Gasteiger partial charge on any atom is -0.489 e. The lowest BCUT2D eigenvalue weighted by Crippen LogP contribution is -2.37. The summed E-state index contributed by atoms with van der Waals surface area (Å²) in [7, 11) is 0. The average molecular weight is 486 g/mol. The molecule has 2 N–H and O–H groups in total. The molecule has 182 valence electrons. The minimum absolute atomic E-state index is 0.204. The first-order valence-corrected chi connectivity index (χ1v) is 11.2. The monoisotopic (exact) mass is 485 g/mol. The van der Waals surface area contributed by atoms with E-state index in [4.69, 9.17) is 9.47 Å². The van der Waals surface area contributed by atoms with Crippen LogP contribution in [0.3, 0.4) is 0 Å². The topological polar surface area (TPSA) is 89.0 Å². The molecule has 0 aliphatic heterocycles. The Balaban J connectivity index is 1.14. The summed E-state index contributed by atoms with van der Waals surface area (Å²) in [5, 5.41) is 8.47. The number of benzene rings is 4. The quantitative estimate of drug-likeness (QED) is 0.260. The first kappa shape index (κ1) is 24.4. The largest absolute Gasteiger partial charge is 0.489 e. The first-order valence-electron chi connectivity index (χ1n) is 11.2. The fraction of sp³-hybridized carbons (Fsp3) is 0.107. The maximum Gasteiger partial charge on any atom is 0.259 e. The minimum atomic E-state index is -0.468. The van der Waals surface area contributed by atoms with Crippen LogP contribution in [-0.2, 0) is 16.2 Å². The van der Waals surface area contributed by atoms with Crippen molar-refractivity contribution in [1.82, 2.24) is 10.7 Å². The number of nitrogens with one attached hydrogen (secondary N) is 2. The lowest BCUT2D eigenvalue weighted by atomic mass is 10.1. The molecule has 0 aromatic heterocycles. The maximum absolute atomic E-state index is 13.0. The van der Waals surface area contributed by atoms with Crippen LogP contribution in [0.4, 0.5) is 4.39 Å². The van der Waals surface area contributed by atoms with Crippen LogP contribution in [0.15, 0.2) is 96.1 Å². The highest BCUT2D eigenvalue weighted by Gasteiger charge is 2.06. The summed E-state index contributed by atoms with van der Waals surface area (Å²) >= 11 is 0. The number of hydrogen-bond acceptors (Lipinski definition) is 5. The van der Waals surface area contributed by atoms with Crippen LogP contribution in [0.25, 0.3) is 10.8 Å². The summed E-state index contributed by atoms with van der Waals surface area (Å²) in [6.45, 7) is -0.110. The number of halogens is 1. The number of fused-ring (bicyclic) bond motifs is 1. The molecule has 4 rings (SSSR count). The molecule has 0 spiro atoms. The van der Waals surface area contributed by atoms with E-state index in [1.165, 1.54) is 18.3 Å². The van der Waals surface area contributed by atoms with Crippen molar-refractivity contribution in [3.05, 3.63) is 108 Å². The van der Waals surface area contributed by atoms with Crippen molar-refractivity contribution in [3.8, 4) is 11.5 Å². The second-order valence-electron chi connectivity index (χ2n) is 7.85. The van der Waals surface area contributed by atoms with E-state index in [0.29, 0.717) is 18.1 Å². The molecule has 0 saturated heterocycles. The molecule has 0 unspecified atom stereocenters. The summed E-state index contributed by atoms with van der Waals surface area (Å²) in [6.07, 6.45) is 1.48. The summed E-state index contributed by atoms with van der Waals surface area (Å²) in [6, 6.07) is 26.6. The van der Waals surface area contributed by atoms with E-state index < -0.39 is 11.8 Å². The zero-order valence-electron chi connectivity index (χ0n) is 19.3. The van der Waals surface area contributed by atoms with Crippen LogP contribution in [0.5, 0.6) is 11.5 Å². The Bertz CT molecular complexity index is 1360. The molecule has 0 radical (unpaired) electrons. The Morgan fingerprint density at radius 3 is 2.31 bits per heavy atom. The number of carbonyl (C=O) groups is 2. The average Bonchev–Trinajstić information content (AvgIpc) is 2.91. The molecule has 4 aromatic rings. The normalized spacial score (nSPS) is 10.8. The van der Waals surface area contributed by atoms with Gasteiger partial charge in [-0.2, -0.15) is 5.10 Å². The zero-order chi connectivity index (χ0) is 25.2. The van der Waals surface area contributed by atoms with Crippen LogP contribution in [0, 0.1) is 5.82 Å². The zero-order valence-corrected chi connectivity index (χ0v) is 19.3. The number of ether oxygens (including phenoxy) is 2. The van der Waals surface area contributed by atoms with Gasteiger partial charge in [0.05, 0.1) is 12.8 Å². The lowest BCUT2D eigenvalue weighted by molar-refractivity contribution is -0.127. The van der Waals surface area contributed by atoms with E-state index >= 15 is 0 Å². The molecule has 2 amide bonds. The van der Waals surface area contributed by atoms with Gasteiger partial charge in [0.2, 0.25) is 0 Å². The van der Waals surface area contributed by atoms with Gasteiger partial charge >= 0.3 is 0 Å². The van der Waals surface area contributed by atoms with Crippen LogP contribution in [-0.4, -0.2) is 31.2 Å². The van der Waals surface area contributed by atoms with E-state index in [9.17, 15) is 14.0 Å². The Labute approximate surface area is 207 Å². The van der Waals surface area contributed by atoms with Crippen molar-refractivity contribution in [3.63, 3.8) is 0 Å². The number of nitrogens with zero attached hydrogens (tertiary/aromatic N) is 1. The Morgan fingerprint density at radius 2 is 1.53 bits per heavy atom. The Morgan fingerprint density at radius 1 is 0.806 bits per heavy atom. The molecule has 0 saturated carbocycles. The third-order valence-electron chi connectivity index (χ3n) is 5.14. The van der Waals surface area contributed by atoms with Gasteiger partial charge in [-0.3, -0.25) is 9.59 Å². The van der Waals surface area contributed by atoms with Crippen molar-refractivity contribution in [2.75, 3.05) is 13.2 Å². The highest BCUT2D eigenvalue weighted by atomic mass is 19.1. The maximum atomic E-state index is 13.0. The number of carbonyl (C=O) groups excluding carboxylic acids is 2. The van der Waals surface area contributed by atoms with E-state index in [-0.39, 0.29) is 19.0 Å². The molecule has 4 aromatic carbocycles. The standard InChI is InChI=1S/C28H24FN3O4/c29-24-10-5-21(6-11-24)18-35-25-12-7-20(8-13-25)16-31-32-27(33)17-30-28(34)19-36-26-14-9-22-3-1-2-4-23(22)15-26/h1-16H,17-19H2,(H,30,34)(H,32,33). The summed E-state index contributed by atoms with van der Waals surface area (Å²) in [5.41, 5.74) is 3.97.